The van der Waals surface area contributed by atoms with Crippen LogP contribution < -0.4 is 10.1 Å². The molecule has 0 aliphatic carbocycles. The Morgan fingerprint density at radius 2 is 1.67 bits per heavy atom. The van der Waals surface area contributed by atoms with Crippen molar-refractivity contribution in [2.45, 2.75) is 33.7 Å². The van der Waals surface area contributed by atoms with Gasteiger partial charge in [0, 0.05) is 17.3 Å². The normalized spacial score (nSPS) is 12.1. The van der Waals surface area contributed by atoms with Gasteiger partial charge in [0.15, 0.2) is 0 Å². The highest BCUT2D eigenvalue weighted by molar-refractivity contribution is 5.59. The van der Waals surface area contributed by atoms with Crippen LogP contribution in [-0.4, -0.2) is 7.11 Å². The van der Waals surface area contributed by atoms with Gasteiger partial charge < -0.3 is 10.1 Å². The average Bonchev–Trinajstić information content (AvgIpc) is 2.42. The number of ether oxygens (including phenoxy) is 1. The van der Waals surface area contributed by atoms with Gasteiger partial charge in [-0.3, -0.25) is 0 Å². The third kappa shape index (κ3) is 3.35. The zero-order valence-corrected chi connectivity index (χ0v) is 13.3. The van der Waals surface area contributed by atoms with E-state index in [1.165, 1.54) is 29.9 Å². The fraction of sp³-hybridized carbons (Fsp3) is 0.333. The minimum Gasteiger partial charge on any atom is -0.497 e. The van der Waals surface area contributed by atoms with Gasteiger partial charge in [0.05, 0.1) is 13.2 Å². The predicted octanol–water partition coefficient (Wildman–Crippen LogP) is 4.93. The maximum absolute atomic E-state index is 14.1. The fourth-order valence-electron chi connectivity index (χ4n) is 2.69. The molecule has 3 heteroatoms. The van der Waals surface area contributed by atoms with Crippen LogP contribution in [-0.2, 0) is 0 Å². The lowest BCUT2D eigenvalue weighted by Gasteiger charge is -2.20. The summed E-state index contributed by atoms with van der Waals surface area (Å²) in [4.78, 5) is 0. The van der Waals surface area contributed by atoms with Gasteiger partial charge in [-0.15, -0.1) is 0 Å². The van der Waals surface area contributed by atoms with E-state index in [4.69, 9.17) is 4.74 Å². The highest BCUT2D eigenvalue weighted by Crippen LogP contribution is 2.29. The lowest BCUT2D eigenvalue weighted by atomic mass is 10.0. The molecular weight excluding hydrogens is 265 g/mol. The van der Waals surface area contributed by atoms with E-state index in [0.717, 1.165) is 5.69 Å². The quantitative estimate of drug-likeness (QED) is 0.860. The van der Waals surface area contributed by atoms with E-state index in [-0.39, 0.29) is 11.9 Å². The van der Waals surface area contributed by atoms with Crippen LogP contribution in [0.4, 0.5) is 10.1 Å². The van der Waals surface area contributed by atoms with Gasteiger partial charge in [-0.25, -0.2) is 4.39 Å². The lowest BCUT2D eigenvalue weighted by molar-refractivity contribution is 0.410. The summed E-state index contributed by atoms with van der Waals surface area (Å²) in [6.07, 6.45) is 0. The highest BCUT2D eigenvalue weighted by atomic mass is 19.1. The van der Waals surface area contributed by atoms with Crippen molar-refractivity contribution in [1.29, 1.82) is 0 Å². The number of hydrogen-bond acceptors (Lipinski definition) is 2. The summed E-state index contributed by atoms with van der Waals surface area (Å²) in [6.45, 7) is 8.18. The molecule has 112 valence electrons. The second-order valence-electron chi connectivity index (χ2n) is 5.53. The molecular formula is C18H22FNO. The Bertz CT molecular complexity index is 629. The number of rotatable bonds is 4. The summed E-state index contributed by atoms with van der Waals surface area (Å²) in [5.74, 6) is 0.280. The molecule has 0 heterocycles. The second kappa shape index (κ2) is 6.17. The molecule has 2 nitrogen and oxygen atoms in total. The molecule has 1 atom stereocenters. The SMILES string of the molecule is COc1ccc(C(C)Nc2c(C)cc(C)cc2C)c(F)c1. The molecule has 0 aliphatic heterocycles. The molecule has 2 aromatic rings. The van der Waals surface area contributed by atoms with Crippen LogP contribution in [0.1, 0.15) is 35.2 Å². The zero-order chi connectivity index (χ0) is 15.6. The maximum atomic E-state index is 14.1. The van der Waals surface area contributed by atoms with Gasteiger partial charge in [0.2, 0.25) is 0 Å². The average molecular weight is 287 g/mol. The van der Waals surface area contributed by atoms with Crippen LogP contribution in [0.3, 0.4) is 0 Å². The summed E-state index contributed by atoms with van der Waals surface area (Å²) in [5.41, 5.74) is 5.29. The summed E-state index contributed by atoms with van der Waals surface area (Å²) in [6, 6.07) is 9.12. The number of methoxy groups -OCH3 is 1. The van der Waals surface area contributed by atoms with Crippen molar-refractivity contribution in [3.63, 3.8) is 0 Å². The second-order valence-corrected chi connectivity index (χ2v) is 5.53. The van der Waals surface area contributed by atoms with Crippen molar-refractivity contribution >= 4 is 5.69 Å². The van der Waals surface area contributed by atoms with Crippen molar-refractivity contribution in [2.24, 2.45) is 0 Å². The monoisotopic (exact) mass is 287 g/mol. The molecule has 0 aliphatic rings. The summed E-state index contributed by atoms with van der Waals surface area (Å²) in [7, 11) is 1.54. The minimum absolute atomic E-state index is 0.115. The molecule has 2 aromatic carbocycles. The molecule has 1 unspecified atom stereocenters. The molecule has 0 aromatic heterocycles. The highest BCUT2D eigenvalue weighted by Gasteiger charge is 2.14. The third-order valence-electron chi connectivity index (χ3n) is 3.71. The maximum Gasteiger partial charge on any atom is 0.132 e. The van der Waals surface area contributed by atoms with Crippen molar-refractivity contribution in [2.75, 3.05) is 12.4 Å². The van der Waals surface area contributed by atoms with Gasteiger partial charge in [0.1, 0.15) is 11.6 Å². The molecule has 0 spiro atoms. The van der Waals surface area contributed by atoms with Gasteiger partial charge >= 0.3 is 0 Å². The molecule has 0 radical (unpaired) electrons. The zero-order valence-electron chi connectivity index (χ0n) is 13.3. The van der Waals surface area contributed by atoms with Crippen LogP contribution in [0.25, 0.3) is 0 Å². The first-order chi connectivity index (χ1) is 9.92. The van der Waals surface area contributed by atoms with E-state index in [2.05, 4.69) is 38.2 Å². The number of anilines is 1. The van der Waals surface area contributed by atoms with Crippen molar-refractivity contribution < 1.29 is 9.13 Å². The Morgan fingerprint density at radius 3 is 2.19 bits per heavy atom. The van der Waals surface area contributed by atoms with Crippen molar-refractivity contribution in [3.05, 3.63) is 58.4 Å². The van der Waals surface area contributed by atoms with Gasteiger partial charge in [0.25, 0.3) is 0 Å². The molecule has 0 fully saturated rings. The molecule has 0 saturated carbocycles. The van der Waals surface area contributed by atoms with Crippen molar-refractivity contribution in [1.82, 2.24) is 0 Å². The Kier molecular flexibility index (Phi) is 4.51. The van der Waals surface area contributed by atoms with E-state index < -0.39 is 0 Å². The van der Waals surface area contributed by atoms with Crippen LogP contribution in [0.5, 0.6) is 5.75 Å². The first kappa shape index (κ1) is 15.4. The van der Waals surface area contributed by atoms with Crippen LogP contribution in [0, 0.1) is 26.6 Å². The topological polar surface area (TPSA) is 21.3 Å². The van der Waals surface area contributed by atoms with Crippen LogP contribution >= 0.6 is 0 Å². The summed E-state index contributed by atoms with van der Waals surface area (Å²) >= 11 is 0. The molecule has 1 N–H and O–H groups in total. The molecule has 2 rings (SSSR count). The van der Waals surface area contributed by atoms with E-state index in [9.17, 15) is 4.39 Å². The van der Waals surface area contributed by atoms with E-state index in [1.807, 2.05) is 6.92 Å². The van der Waals surface area contributed by atoms with E-state index in [0.29, 0.717) is 11.3 Å². The van der Waals surface area contributed by atoms with Crippen molar-refractivity contribution in [3.8, 4) is 5.75 Å². The molecule has 0 saturated heterocycles. The standard InChI is InChI=1S/C18H22FNO/c1-11-8-12(2)18(13(3)9-11)20-14(4)16-7-6-15(21-5)10-17(16)19/h6-10,14,20H,1-5H3. The predicted molar refractivity (Wildman–Crippen MR) is 85.6 cm³/mol. The Balaban J connectivity index is 2.28. The Morgan fingerprint density at radius 1 is 1.05 bits per heavy atom. The van der Waals surface area contributed by atoms with Crippen LogP contribution in [0.15, 0.2) is 30.3 Å². The van der Waals surface area contributed by atoms with E-state index in [1.54, 1.807) is 12.1 Å². The molecule has 21 heavy (non-hydrogen) atoms. The number of benzene rings is 2. The Labute approximate surface area is 126 Å². The molecule has 0 amide bonds. The molecule has 0 bridgehead atoms. The third-order valence-corrected chi connectivity index (χ3v) is 3.71. The van der Waals surface area contributed by atoms with Gasteiger partial charge in [-0.1, -0.05) is 23.8 Å². The van der Waals surface area contributed by atoms with Gasteiger partial charge in [-0.2, -0.15) is 0 Å². The smallest absolute Gasteiger partial charge is 0.132 e. The number of aryl methyl sites for hydroxylation is 3. The summed E-state index contributed by atoms with van der Waals surface area (Å²) < 4.78 is 19.2. The summed E-state index contributed by atoms with van der Waals surface area (Å²) in [5, 5.41) is 3.42. The lowest BCUT2D eigenvalue weighted by Crippen LogP contribution is -2.11. The van der Waals surface area contributed by atoms with Crippen LogP contribution in [0.2, 0.25) is 0 Å². The number of hydrogen-bond donors (Lipinski definition) is 1. The number of halogens is 1. The Hall–Kier alpha value is -2.03. The number of nitrogens with one attached hydrogen (secondary N) is 1. The first-order valence-corrected chi connectivity index (χ1v) is 7.10. The first-order valence-electron chi connectivity index (χ1n) is 7.10. The van der Waals surface area contributed by atoms with E-state index >= 15 is 0 Å². The van der Waals surface area contributed by atoms with Gasteiger partial charge in [-0.05, 0) is 44.9 Å². The largest absolute Gasteiger partial charge is 0.497 e. The fourth-order valence-corrected chi connectivity index (χ4v) is 2.69. The minimum atomic E-state index is -0.253.